The topological polar surface area (TPSA) is 52.3 Å². The number of rotatable bonds is 6. The molecule has 4 heteroatoms. The van der Waals surface area contributed by atoms with Gasteiger partial charge in [-0.2, -0.15) is 0 Å². The third kappa shape index (κ3) is 4.15. The normalized spacial score (nSPS) is 32.6. The SMILES string of the molecule is COCCCS(=O)C1CC(C)CCC1CN. The Labute approximate surface area is 102 Å². The fourth-order valence-electron chi connectivity index (χ4n) is 2.48. The first-order chi connectivity index (χ1) is 7.69. The lowest BCUT2D eigenvalue weighted by Gasteiger charge is -2.33. The summed E-state index contributed by atoms with van der Waals surface area (Å²) in [4.78, 5) is 0. The summed E-state index contributed by atoms with van der Waals surface area (Å²) < 4.78 is 17.2. The predicted octanol–water partition coefficient (Wildman–Crippen LogP) is 1.54. The van der Waals surface area contributed by atoms with Crippen LogP contribution in [-0.2, 0) is 15.5 Å². The van der Waals surface area contributed by atoms with Crippen LogP contribution in [0.15, 0.2) is 0 Å². The van der Waals surface area contributed by atoms with Gasteiger partial charge in [-0.15, -0.1) is 0 Å². The van der Waals surface area contributed by atoms with E-state index in [1.165, 1.54) is 6.42 Å². The van der Waals surface area contributed by atoms with Crippen LogP contribution in [0.5, 0.6) is 0 Å². The monoisotopic (exact) mass is 247 g/mol. The van der Waals surface area contributed by atoms with E-state index in [2.05, 4.69) is 6.92 Å². The zero-order chi connectivity index (χ0) is 12.0. The molecule has 0 aromatic rings. The molecule has 0 amide bonds. The van der Waals surface area contributed by atoms with E-state index in [1.54, 1.807) is 7.11 Å². The summed E-state index contributed by atoms with van der Waals surface area (Å²) in [5, 5.41) is 0.325. The van der Waals surface area contributed by atoms with Crippen molar-refractivity contribution in [3.63, 3.8) is 0 Å². The standard InChI is InChI=1S/C12H25NO2S/c1-10-4-5-11(9-13)12(8-10)16(14)7-3-6-15-2/h10-12H,3-9,13H2,1-2H3. The zero-order valence-electron chi connectivity index (χ0n) is 10.5. The molecule has 0 aromatic heterocycles. The summed E-state index contributed by atoms with van der Waals surface area (Å²) in [7, 11) is 0.970. The van der Waals surface area contributed by atoms with Crippen molar-refractivity contribution in [1.82, 2.24) is 0 Å². The van der Waals surface area contributed by atoms with Gasteiger partial charge in [-0.1, -0.05) is 13.3 Å². The van der Waals surface area contributed by atoms with E-state index >= 15 is 0 Å². The van der Waals surface area contributed by atoms with Crippen molar-refractivity contribution in [2.24, 2.45) is 17.6 Å². The second-order valence-electron chi connectivity index (χ2n) is 4.88. The summed E-state index contributed by atoms with van der Waals surface area (Å²) >= 11 is 0. The maximum Gasteiger partial charge on any atom is 0.0471 e. The lowest BCUT2D eigenvalue weighted by atomic mass is 9.82. The predicted molar refractivity (Wildman–Crippen MR) is 68.8 cm³/mol. The van der Waals surface area contributed by atoms with Gasteiger partial charge in [-0.05, 0) is 37.6 Å². The first kappa shape index (κ1) is 14.1. The Bertz CT molecular complexity index is 223. The van der Waals surface area contributed by atoms with Crippen LogP contribution in [0, 0.1) is 11.8 Å². The third-order valence-corrected chi connectivity index (χ3v) is 5.47. The summed E-state index contributed by atoms with van der Waals surface area (Å²) in [5.74, 6) is 1.95. The molecule has 4 atom stereocenters. The number of methoxy groups -OCH3 is 1. The quantitative estimate of drug-likeness (QED) is 0.724. The first-order valence-corrected chi connectivity index (χ1v) is 7.63. The molecule has 0 aliphatic heterocycles. The highest BCUT2D eigenvalue weighted by Crippen LogP contribution is 2.31. The molecule has 0 heterocycles. The Morgan fingerprint density at radius 3 is 2.81 bits per heavy atom. The Kier molecular flexibility index (Phi) is 6.54. The highest BCUT2D eigenvalue weighted by molar-refractivity contribution is 7.85. The molecule has 4 unspecified atom stereocenters. The molecule has 1 saturated carbocycles. The number of nitrogens with two attached hydrogens (primary N) is 1. The fourth-order valence-corrected chi connectivity index (χ4v) is 4.40. The van der Waals surface area contributed by atoms with Crippen molar-refractivity contribution in [3.05, 3.63) is 0 Å². The Morgan fingerprint density at radius 2 is 2.19 bits per heavy atom. The van der Waals surface area contributed by atoms with E-state index in [0.717, 1.165) is 25.0 Å². The van der Waals surface area contributed by atoms with Gasteiger partial charge >= 0.3 is 0 Å². The number of hydrogen-bond acceptors (Lipinski definition) is 3. The zero-order valence-corrected chi connectivity index (χ0v) is 11.3. The minimum absolute atomic E-state index is 0.325. The molecule has 0 spiro atoms. The van der Waals surface area contributed by atoms with Crippen molar-refractivity contribution in [2.75, 3.05) is 26.0 Å². The Morgan fingerprint density at radius 1 is 1.44 bits per heavy atom. The highest BCUT2D eigenvalue weighted by atomic mass is 32.2. The van der Waals surface area contributed by atoms with Crippen molar-refractivity contribution in [2.45, 2.75) is 37.9 Å². The van der Waals surface area contributed by atoms with Crippen LogP contribution in [0.1, 0.15) is 32.6 Å². The van der Waals surface area contributed by atoms with Gasteiger partial charge < -0.3 is 10.5 Å². The molecule has 3 nitrogen and oxygen atoms in total. The van der Waals surface area contributed by atoms with Crippen LogP contribution < -0.4 is 5.73 Å². The average Bonchev–Trinajstić information content (AvgIpc) is 2.29. The van der Waals surface area contributed by atoms with Gasteiger partial charge in [0.25, 0.3) is 0 Å². The van der Waals surface area contributed by atoms with E-state index in [0.29, 0.717) is 30.2 Å². The molecule has 1 aliphatic rings. The Balaban J connectivity index is 2.43. The maximum absolute atomic E-state index is 12.2. The van der Waals surface area contributed by atoms with Crippen LogP contribution >= 0.6 is 0 Å². The molecule has 0 aromatic carbocycles. The molecule has 96 valence electrons. The van der Waals surface area contributed by atoms with Crippen molar-refractivity contribution < 1.29 is 8.95 Å². The lowest BCUT2D eigenvalue weighted by Crippen LogP contribution is -2.37. The summed E-state index contributed by atoms with van der Waals surface area (Å²) in [6.45, 7) is 3.65. The van der Waals surface area contributed by atoms with Crippen LogP contribution in [0.4, 0.5) is 0 Å². The van der Waals surface area contributed by atoms with Gasteiger partial charge in [0.2, 0.25) is 0 Å². The summed E-state index contributed by atoms with van der Waals surface area (Å²) in [5.41, 5.74) is 5.77. The van der Waals surface area contributed by atoms with Gasteiger partial charge in [0, 0.05) is 35.5 Å². The second-order valence-corrected chi connectivity index (χ2v) is 6.66. The minimum atomic E-state index is -0.719. The highest BCUT2D eigenvalue weighted by Gasteiger charge is 2.31. The van der Waals surface area contributed by atoms with Crippen molar-refractivity contribution >= 4 is 10.8 Å². The molecular weight excluding hydrogens is 222 g/mol. The van der Waals surface area contributed by atoms with E-state index < -0.39 is 10.8 Å². The summed E-state index contributed by atoms with van der Waals surface area (Å²) in [6.07, 6.45) is 4.37. The molecule has 0 radical (unpaired) electrons. The molecule has 0 saturated heterocycles. The molecule has 2 N–H and O–H groups in total. The maximum atomic E-state index is 12.2. The molecule has 1 fully saturated rings. The van der Waals surface area contributed by atoms with Crippen LogP contribution in [0.2, 0.25) is 0 Å². The molecule has 1 rings (SSSR count). The number of hydrogen-bond donors (Lipinski definition) is 1. The largest absolute Gasteiger partial charge is 0.385 e. The van der Waals surface area contributed by atoms with Gasteiger partial charge in [-0.3, -0.25) is 4.21 Å². The van der Waals surface area contributed by atoms with E-state index in [9.17, 15) is 4.21 Å². The first-order valence-electron chi connectivity index (χ1n) is 6.25. The molecule has 1 aliphatic carbocycles. The van der Waals surface area contributed by atoms with E-state index in [1.807, 2.05) is 0 Å². The van der Waals surface area contributed by atoms with Crippen LogP contribution in [0.3, 0.4) is 0 Å². The van der Waals surface area contributed by atoms with Gasteiger partial charge in [0.15, 0.2) is 0 Å². The van der Waals surface area contributed by atoms with Crippen molar-refractivity contribution in [3.8, 4) is 0 Å². The van der Waals surface area contributed by atoms with Crippen LogP contribution in [0.25, 0.3) is 0 Å². The third-order valence-electron chi connectivity index (χ3n) is 3.53. The van der Waals surface area contributed by atoms with Crippen LogP contribution in [-0.4, -0.2) is 35.5 Å². The smallest absolute Gasteiger partial charge is 0.0471 e. The number of ether oxygens (including phenoxy) is 1. The van der Waals surface area contributed by atoms with Gasteiger partial charge in [-0.25, -0.2) is 0 Å². The van der Waals surface area contributed by atoms with Gasteiger partial charge in [0.05, 0.1) is 0 Å². The summed E-state index contributed by atoms with van der Waals surface area (Å²) in [6, 6.07) is 0. The van der Waals surface area contributed by atoms with Gasteiger partial charge in [0.1, 0.15) is 0 Å². The average molecular weight is 247 g/mol. The lowest BCUT2D eigenvalue weighted by molar-refractivity contribution is 0.199. The Hall–Kier alpha value is 0.0700. The van der Waals surface area contributed by atoms with Crippen molar-refractivity contribution in [1.29, 1.82) is 0 Å². The van der Waals surface area contributed by atoms with E-state index in [4.69, 9.17) is 10.5 Å². The minimum Gasteiger partial charge on any atom is -0.385 e. The second kappa shape index (κ2) is 7.41. The molecule has 16 heavy (non-hydrogen) atoms. The molecule has 0 bridgehead atoms. The van der Waals surface area contributed by atoms with E-state index in [-0.39, 0.29) is 0 Å². The molecular formula is C12H25NO2S. The fraction of sp³-hybridized carbons (Fsp3) is 1.00.